The van der Waals surface area contributed by atoms with E-state index >= 15 is 0 Å². The van der Waals surface area contributed by atoms with Crippen molar-refractivity contribution in [2.45, 2.75) is 19.4 Å². The van der Waals surface area contributed by atoms with Crippen molar-refractivity contribution in [3.63, 3.8) is 0 Å². The van der Waals surface area contributed by atoms with Gasteiger partial charge in [-0.2, -0.15) is 5.26 Å². The predicted octanol–water partition coefficient (Wildman–Crippen LogP) is 1.02. The van der Waals surface area contributed by atoms with Crippen LogP contribution in [0.2, 0.25) is 0 Å². The summed E-state index contributed by atoms with van der Waals surface area (Å²) in [6.45, 7) is 4.61. The van der Waals surface area contributed by atoms with E-state index in [1.54, 1.807) is 12.1 Å². The first-order valence-electron chi connectivity index (χ1n) is 5.68. The van der Waals surface area contributed by atoms with Gasteiger partial charge in [-0.05, 0) is 40.1 Å². The molecule has 1 aromatic rings. The lowest BCUT2D eigenvalue weighted by atomic mass is 10.0. The van der Waals surface area contributed by atoms with Gasteiger partial charge in [-0.3, -0.25) is 4.79 Å². The van der Waals surface area contributed by atoms with Crippen LogP contribution < -0.4 is 5.32 Å². The number of pyridine rings is 1. The smallest absolute Gasteiger partial charge is 0.269 e. The second-order valence-corrected chi connectivity index (χ2v) is 4.93. The standard InChI is InChI=1S/C13H18N4O/c1-13(2,17(3)4)9-16-12(18)11-6-5-10(7-14)8-15-11/h5-6,8H,9H2,1-4H3,(H,16,18). The van der Waals surface area contributed by atoms with Crippen LogP contribution in [-0.2, 0) is 0 Å². The Hall–Kier alpha value is -1.93. The summed E-state index contributed by atoms with van der Waals surface area (Å²) >= 11 is 0. The molecule has 0 radical (unpaired) electrons. The summed E-state index contributed by atoms with van der Waals surface area (Å²) in [5.74, 6) is -0.227. The van der Waals surface area contributed by atoms with Gasteiger partial charge in [-0.25, -0.2) is 4.98 Å². The maximum absolute atomic E-state index is 11.8. The van der Waals surface area contributed by atoms with Gasteiger partial charge in [0.2, 0.25) is 0 Å². The summed E-state index contributed by atoms with van der Waals surface area (Å²) in [6.07, 6.45) is 1.39. The lowest BCUT2D eigenvalue weighted by Crippen LogP contribution is -2.48. The van der Waals surface area contributed by atoms with Crippen molar-refractivity contribution < 1.29 is 4.79 Å². The van der Waals surface area contributed by atoms with E-state index in [1.807, 2.05) is 38.9 Å². The maximum atomic E-state index is 11.8. The molecule has 0 unspecified atom stereocenters. The third-order valence-electron chi connectivity index (χ3n) is 3.02. The van der Waals surface area contributed by atoms with Crippen LogP contribution in [0.1, 0.15) is 29.9 Å². The maximum Gasteiger partial charge on any atom is 0.269 e. The SMILES string of the molecule is CN(C)C(C)(C)CNC(=O)c1ccc(C#N)cn1. The van der Waals surface area contributed by atoms with Crippen LogP contribution in [0.5, 0.6) is 0 Å². The van der Waals surface area contributed by atoms with E-state index in [0.29, 0.717) is 17.8 Å². The largest absolute Gasteiger partial charge is 0.349 e. The number of nitrogens with one attached hydrogen (secondary N) is 1. The Balaban J connectivity index is 2.63. The van der Waals surface area contributed by atoms with Gasteiger partial charge in [0.25, 0.3) is 5.91 Å². The van der Waals surface area contributed by atoms with Crippen molar-refractivity contribution in [2.75, 3.05) is 20.6 Å². The van der Waals surface area contributed by atoms with Crippen LogP contribution >= 0.6 is 0 Å². The zero-order valence-corrected chi connectivity index (χ0v) is 11.2. The van der Waals surface area contributed by atoms with Crippen LogP contribution in [0.25, 0.3) is 0 Å². The third-order valence-corrected chi connectivity index (χ3v) is 3.02. The van der Waals surface area contributed by atoms with Gasteiger partial charge >= 0.3 is 0 Å². The van der Waals surface area contributed by atoms with Crippen LogP contribution in [0.3, 0.4) is 0 Å². The van der Waals surface area contributed by atoms with Gasteiger partial charge < -0.3 is 10.2 Å². The molecule has 0 aliphatic heterocycles. The summed E-state index contributed by atoms with van der Waals surface area (Å²) in [6, 6.07) is 5.10. The van der Waals surface area contributed by atoms with Crippen molar-refractivity contribution in [1.82, 2.24) is 15.2 Å². The highest BCUT2D eigenvalue weighted by molar-refractivity contribution is 5.92. The van der Waals surface area contributed by atoms with E-state index < -0.39 is 0 Å². The van der Waals surface area contributed by atoms with E-state index in [1.165, 1.54) is 6.20 Å². The molecule has 1 rings (SSSR count). The minimum Gasteiger partial charge on any atom is -0.349 e. The number of hydrogen-bond acceptors (Lipinski definition) is 4. The molecule has 1 amide bonds. The number of likely N-dealkylation sites (N-methyl/N-ethyl adjacent to an activating group) is 1. The molecule has 5 heteroatoms. The second kappa shape index (κ2) is 5.61. The molecule has 96 valence electrons. The van der Waals surface area contributed by atoms with Gasteiger partial charge in [-0.1, -0.05) is 0 Å². The van der Waals surface area contributed by atoms with Crippen molar-refractivity contribution in [2.24, 2.45) is 0 Å². The van der Waals surface area contributed by atoms with Gasteiger partial charge in [0, 0.05) is 18.3 Å². The van der Waals surface area contributed by atoms with Crippen molar-refractivity contribution in [3.8, 4) is 6.07 Å². The highest BCUT2D eigenvalue weighted by Crippen LogP contribution is 2.08. The van der Waals surface area contributed by atoms with E-state index in [0.717, 1.165) is 0 Å². The molecule has 5 nitrogen and oxygen atoms in total. The molecule has 0 bridgehead atoms. The first-order valence-corrected chi connectivity index (χ1v) is 5.68. The van der Waals surface area contributed by atoms with Gasteiger partial charge in [-0.15, -0.1) is 0 Å². The molecule has 0 aromatic carbocycles. The fraction of sp³-hybridized carbons (Fsp3) is 0.462. The van der Waals surface area contributed by atoms with Gasteiger partial charge in [0.15, 0.2) is 0 Å². The minimum atomic E-state index is -0.227. The van der Waals surface area contributed by atoms with E-state index in [2.05, 4.69) is 10.3 Å². The molecule has 0 spiro atoms. The number of hydrogen-bond donors (Lipinski definition) is 1. The third kappa shape index (κ3) is 3.54. The van der Waals surface area contributed by atoms with Crippen LogP contribution in [0.15, 0.2) is 18.3 Å². The Morgan fingerprint density at radius 1 is 1.50 bits per heavy atom. The average Bonchev–Trinajstić information content (AvgIpc) is 2.36. The molecular weight excluding hydrogens is 228 g/mol. The Kier molecular flexibility index (Phi) is 4.40. The normalized spacial score (nSPS) is 11.1. The molecule has 1 N–H and O–H groups in total. The Labute approximate surface area is 107 Å². The number of aromatic nitrogens is 1. The van der Waals surface area contributed by atoms with Crippen LogP contribution in [0, 0.1) is 11.3 Å². The second-order valence-electron chi connectivity index (χ2n) is 4.93. The predicted molar refractivity (Wildman–Crippen MR) is 69.1 cm³/mol. The number of nitrogens with zero attached hydrogens (tertiary/aromatic N) is 3. The monoisotopic (exact) mass is 246 g/mol. The number of nitriles is 1. The zero-order chi connectivity index (χ0) is 13.8. The topological polar surface area (TPSA) is 69.0 Å². The number of amides is 1. The Morgan fingerprint density at radius 3 is 2.61 bits per heavy atom. The fourth-order valence-corrected chi connectivity index (χ4v) is 1.14. The zero-order valence-electron chi connectivity index (χ0n) is 11.2. The van der Waals surface area contributed by atoms with Gasteiger partial charge in [0.05, 0.1) is 5.56 Å². The Morgan fingerprint density at radius 2 is 2.17 bits per heavy atom. The molecule has 1 heterocycles. The average molecular weight is 246 g/mol. The summed E-state index contributed by atoms with van der Waals surface area (Å²) in [5, 5.41) is 11.5. The quantitative estimate of drug-likeness (QED) is 0.861. The van der Waals surface area contributed by atoms with Crippen molar-refractivity contribution >= 4 is 5.91 Å². The lowest BCUT2D eigenvalue weighted by molar-refractivity contribution is 0.0915. The Bertz CT molecular complexity index is 457. The van der Waals surface area contributed by atoms with E-state index in [4.69, 9.17) is 5.26 Å². The number of carbonyl (C=O) groups excluding carboxylic acids is 1. The summed E-state index contributed by atoms with van der Waals surface area (Å²) in [4.78, 5) is 17.8. The molecule has 0 aliphatic carbocycles. The van der Waals surface area contributed by atoms with E-state index in [-0.39, 0.29) is 11.4 Å². The number of rotatable bonds is 4. The number of carbonyl (C=O) groups is 1. The van der Waals surface area contributed by atoms with Crippen molar-refractivity contribution in [3.05, 3.63) is 29.6 Å². The fourth-order valence-electron chi connectivity index (χ4n) is 1.14. The van der Waals surface area contributed by atoms with Crippen LogP contribution in [0.4, 0.5) is 0 Å². The minimum absolute atomic E-state index is 0.123. The molecule has 18 heavy (non-hydrogen) atoms. The molecule has 0 atom stereocenters. The summed E-state index contributed by atoms with van der Waals surface area (Å²) in [7, 11) is 3.93. The summed E-state index contributed by atoms with van der Waals surface area (Å²) < 4.78 is 0. The van der Waals surface area contributed by atoms with Crippen molar-refractivity contribution in [1.29, 1.82) is 5.26 Å². The van der Waals surface area contributed by atoms with Gasteiger partial charge in [0.1, 0.15) is 11.8 Å². The van der Waals surface area contributed by atoms with E-state index in [9.17, 15) is 4.79 Å². The molecule has 0 saturated carbocycles. The van der Waals surface area contributed by atoms with Crippen LogP contribution in [-0.4, -0.2) is 42.0 Å². The first-order chi connectivity index (χ1) is 8.36. The highest BCUT2D eigenvalue weighted by atomic mass is 16.1. The molecule has 0 fully saturated rings. The molecular formula is C13H18N4O. The molecule has 0 saturated heterocycles. The molecule has 1 aromatic heterocycles. The summed E-state index contributed by atoms with van der Waals surface area (Å²) in [5.41, 5.74) is 0.645. The lowest BCUT2D eigenvalue weighted by Gasteiger charge is -2.32. The molecule has 0 aliphatic rings. The first kappa shape index (κ1) is 14.1. The highest BCUT2D eigenvalue weighted by Gasteiger charge is 2.21.